The molecule has 2 aromatic rings. The van der Waals surface area contributed by atoms with Crippen molar-refractivity contribution in [2.75, 3.05) is 11.1 Å². The minimum absolute atomic E-state index is 0.0436. The Morgan fingerprint density at radius 1 is 1.05 bits per heavy atom. The molecule has 22 heavy (non-hydrogen) atoms. The van der Waals surface area contributed by atoms with E-state index < -0.39 is 0 Å². The van der Waals surface area contributed by atoms with E-state index in [9.17, 15) is 4.79 Å². The number of thioether (sulfide) groups is 1. The van der Waals surface area contributed by atoms with Gasteiger partial charge in [-0.15, -0.1) is 11.8 Å². The van der Waals surface area contributed by atoms with Crippen LogP contribution in [0.3, 0.4) is 0 Å². The van der Waals surface area contributed by atoms with Crippen LogP contribution in [0.4, 0.5) is 5.69 Å². The Morgan fingerprint density at radius 2 is 1.77 bits per heavy atom. The summed E-state index contributed by atoms with van der Waals surface area (Å²) in [6.07, 6.45) is 3.50. The van der Waals surface area contributed by atoms with Crippen molar-refractivity contribution in [1.82, 2.24) is 0 Å². The number of benzene rings is 2. The van der Waals surface area contributed by atoms with Crippen molar-refractivity contribution >= 4 is 23.4 Å². The zero-order valence-electron chi connectivity index (χ0n) is 13.3. The first kappa shape index (κ1) is 16.6. The fraction of sp³-hybridized carbons (Fsp3) is 0.316. The molecule has 0 saturated carbocycles. The number of anilines is 1. The summed E-state index contributed by atoms with van der Waals surface area (Å²) in [6.45, 7) is 4.29. The third-order valence-corrected chi connectivity index (χ3v) is 4.42. The maximum atomic E-state index is 12.4. The summed E-state index contributed by atoms with van der Waals surface area (Å²) in [5.41, 5.74) is 2.91. The first-order chi connectivity index (χ1) is 10.7. The van der Waals surface area contributed by atoms with Gasteiger partial charge in [0.2, 0.25) is 0 Å². The number of hydrogen-bond donors (Lipinski definition) is 1. The molecule has 0 bridgehead atoms. The standard InChI is InChI=1S/C19H23NOS/c1-3-5-8-15-11-13-16(14-12-15)20-19(21)17-9-6-7-10-18(17)22-4-2/h6-7,9-14H,3-5,8H2,1-2H3,(H,20,21). The Bertz CT molecular complexity index is 607. The predicted octanol–water partition coefficient (Wildman–Crippen LogP) is 5.39. The van der Waals surface area contributed by atoms with Crippen LogP contribution in [0.5, 0.6) is 0 Å². The van der Waals surface area contributed by atoms with Crippen LogP contribution in [-0.2, 0) is 6.42 Å². The van der Waals surface area contributed by atoms with E-state index >= 15 is 0 Å². The van der Waals surface area contributed by atoms with Gasteiger partial charge in [0.15, 0.2) is 0 Å². The molecule has 0 aliphatic carbocycles. The Morgan fingerprint density at radius 3 is 2.45 bits per heavy atom. The van der Waals surface area contributed by atoms with Gasteiger partial charge in [-0.25, -0.2) is 0 Å². The summed E-state index contributed by atoms with van der Waals surface area (Å²) in [4.78, 5) is 13.5. The smallest absolute Gasteiger partial charge is 0.256 e. The normalized spacial score (nSPS) is 10.5. The van der Waals surface area contributed by atoms with E-state index in [1.54, 1.807) is 11.8 Å². The average Bonchev–Trinajstić information content (AvgIpc) is 2.55. The lowest BCUT2D eigenvalue weighted by Crippen LogP contribution is -2.13. The monoisotopic (exact) mass is 313 g/mol. The van der Waals surface area contributed by atoms with Gasteiger partial charge in [0.05, 0.1) is 5.56 Å². The highest BCUT2D eigenvalue weighted by Gasteiger charge is 2.11. The summed E-state index contributed by atoms with van der Waals surface area (Å²) in [7, 11) is 0. The first-order valence-electron chi connectivity index (χ1n) is 7.86. The van der Waals surface area contributed by atoms with Crippen molar-refractivity contribution in [1.29, 1.82) is 0 Å². The number of aryl methyl sites for hydroxylation is 1. The molecule has 2 nitrogen and oxygen atoms in total. The Kier molecular flexibility index (Phi) is 6.53. The Labute approximate surface area is 137 Å². The molecule has 0 saturated heterocycles. The second-order valence-corrected chi connectivity index (χ2v) is 6.49. The van der Waals surface area contributed by atoms with Crippen LogP contribution >= 0.6 is 11.8 Å². The number of amides is 1. The van der Waals surface area contributed by atoms with E-state index in [-0.39, 0.29) is 5.91 Å². The van der Waals surface area contributed by atoms with Gasteiger partial charge >= 0.3 is 0 Å². The van der Waals surface area contributed by atoms with Gasteiger partial charge in [0, 0.05) is 10.6 Å². The maximum absolute atomic E-state index is 12.4. The van der Waals surface area contributed by atoms with Gasteiger partial charge in [-0.05, 0) is 48.4 Å². The number of rotatable bonds is 7. The summed E-state index contributed by atoms with van der Waals surface area (Å²) in [5, 5.41) is 2.99. The van der Waals surface area contributed by atoms with Gasteiger partial charge in [-0.1, -0.05) is 44.5 Å². The summed E-state index contributed by atoms with van der Waals surface area (Å²) in [6, 6.07) is 15.9. The quantitative estimate of drug-likeness (QED) is 0.694. The summed E-state index contributed by atoms with van der Waals surface area (Å²) >= 11 is 1.69. The molecule has 0 spiro atoms. The molecule has 0 fully saturated rings. The van der Waals surface area contributed by atoms with Crippen molar-refractivity contribution < 1.29 is 4.79 Å². The van der Waals surface area contributed by atoms with E-state index in [1.807, 2.05) is 36.4 Å². The van der Waals surface area contributed by atoms with Crippen LogP contribution in [0.2, 0.25) is 0 Å². The fourth-order valence-corrected chi connectivity index (χ4v) is 3.07. The van der Waals surface area contributed by atoms with E-state index in [1.165, 1.54) is 18.4 Å². The van der Waals surface area contributed by atoms with Gasteiger partial charge in [0.1, 0.15) is 0 Å². The van der Waals surface area contributed by atoms with E-state index in [4.69, 9.17) is 0 Å². The molecule has 116 valence electrons. The van der Waals surface area contributed by atoms with E-state index in [0.717, 1.165) is 28.3 Å². The molecular weight excluding hydrogens is 290 g/mol. The molecule has 0 aromatic heterocycles. The van der Waals surface area contributed by atoms with Crippen LogP contribution in [-0.4, -0.2) is 11.7 Å². The molecule has 1 amide bonds. The van der Waals surface area contributed by atoms with Crippen LogP contribution in [0.1, 0.15) is 42.6 Å². The molecule has 0 radical (unpaired) electrons. The minimum atomic E-state index is -0.0436. The topological polar surface area (TPSA) is 29.1 Å². The van der Waals surface area contributed by atoms with Gasteiger partial charge in [-0.2, -0.15) is 0 Å². The molecule has 1 N–H and O–H groups in total. The lowest BCUT2D eigenvalue weighted by molar-refractivity contribution is 0.102. The molecule has 2 rings (SSSR count). The van der Waals surface area contributed by atoms with Crippen molar-refractivity contribution in [3.63, 3.8) is 0 Å². The van der Waals surface area contributed by atoms with Gasteiger partial charge < -0.3 is 5.32 Å². The lowest BCUT2D eigenvalue weighted by atomic mass is 10.1. The number of carbonyl (C=O) groups is 1. The zero-order chi connectivity index (χ0) is 15.8. The fourth-order valence-electron chi connectivity index (χ4n) is 2.27. The van der Waals surface area contributed by atoms with Crippen molar-refractivity contribution in [2.24, 2.45) is 0 Å². The number of carbonyl (C=O) groups excluding carboxylic acids is 1. The van der Waals surface area contributed by atoms with Crippen molar-refractivity contribution in [3.8, 4) is 0 Å². The van der Waals surface area contributed by atoms with Crippen LogP contribution in [0.25, 0.3) is 0 Å². The molecule has 0 heterocycles. The molecule has 3 heteroatoms. The highest BCUT2D eigenvalue weighted by Crippen LogP contribution is 2.23. The molecule has 0 atom stereocenters. The van der Waals surface area contributed by atoms with Gasteiger partial charge in [0.25, 0.3) is 5.91 Å². The zero-order valence-corrected chi connectivity index (χ0v) is 14.1. The summed E-state index contributed by atoms with van der Waals surface area (Å²) in [5.74, 6) is 0.911. The number of nitrogens with one attached hydrogen (secondary N) is 1. The van der Waals surface area contributed by atoms with Crippen molar-refractivity contribution in [2.45, 2.75) is 38.0 Å². The van der Waals surface area contributed by atoms with Gasteiger partial charge in [-0.3, -0.25) is 4.79 Å². The third-order valence-electron chi connectivity index (χ3n) is 3.46. The highest BCUT2D eigenvalue weighted by molar-refractivity contribution is 7.99. The summed E-state index contributed by atoms with van der Waals surface area (Å²) < 4.78 is 0. The Hall–Kier alpha value is -1.74. The second-order valence-electron chi connectivity index (χ2n) is 5.18. The number of hydrogen-bond acceptors (Lipinski definition) is 2. The molecule has 0 aliphatic heterocycles. The minimum Gasteiger partial charge on any atom is -0.322 e. The largest absolute Gasteiger partial charge is 0.322 e. The van der Waals surface area contributed by atoms with Crippen molar-refractivity contribution in [3.05, 3.63) is 59.7 Å². The maximum Gasteiger partial charge on any atom is 0.256 e. The lowest BCUT2D eigenvalue weighted by Gasteiger charge is -2.10. The highest BCUT2D eigenvalue weighted by atomic mass is 32.2. The molecular formula is C19H23NOS. The SMILES string of the molecule is CCCCc1ccc(NC(=O)c2ccccc2SCC)cc1. The van der Waals surface area contributed by atoms with E-state index in [2.05, 4.69) is 31.3 Å². The van der Waals surface area contributed by atoms with Crippen LogP contribution < -0.4 is 5.32 Å². The van der Waals surface area contributed by atoms with Crippen LogP contribution in [0, 0.1) is 0 Å². The molecule has 0 aliphatic rings. The molecule has 0 unspecified atom stereocenters. The average molecular weight is 313 g/mol. The Balaban J connectivity index is 2.05. The second kappa shape index (κ2) is 8.64. The third kappa shape index (κ3) is 4.63. The molecule has 2 aromatic carbocycles. The number of unbranched alkanes of at least 4 members (excludes halogenated alkanes) is 1. The first-order valence-corrected chi connectivity index (χ1v) is 8.85. The predicted molar refractivity (Wildman–Crippen MR) is 95.8 cm³/mol. The van der Waals surface area contributed by atoms with E-state index in [0.29, 0.717) is 0 Å². The van der Waals surface area contributed by atoms with Crippen LogP contribution in [0.15, 0.2) is 53.4 Å².